The van der Waals surface area contributed by atoms with Crippen LogP contribution >= 0.6 is 0 Å². The van der Waals surface area contributed by atoms with E-state index >= 15 is 5.73 Å². The van der Waals surface area contributed by atoms with Crippen molar-refractivity contribution in [3.63, 3.8) is 0 Å². The van der Waals surface area contributed by atoms with Crippen LogP contribution in [0.15, 0.2) is 43.7 Å². The number of allylic oxidation sites excluding steroid dienone is 4. The van der Waals surface area contributed by atoms with Crippen molar-refractivity contribution >= 4 is 55.8 Å². The summed E-state index contributed by atoms with van der Waals surface area (Å²) in [5, 5.41) is 1.29. The van der Waals surface area contributed by atoms with Crippen LogP contribution in [0.1, 0.15) is 108 Å². The van der Waals surface area contributed by atoms with Gasteiger partial charge in [-0.2, -0.15) is 0 Å². The first-order valence-electron chi connectivity index (χ1n) is 15.8. The van der Waals surface area contributed by atoms with Crippen LogP contribution < -0.4 is 10.7 Å². The number of aromatic nitrogens is 2. The van der Waals surface area contributed by atoms with Crippen molar-refractivity contribution in [1.29, 1.82) is 0 Å². The third kappa shape index (κ3) is 3.96. The number of aliphatic imine (C=N–C) groups is 2. The molecular formula is C35H42F2N4Sn. The van der Waals surface area contributed by atoms with Crippen molar-refractivity contribution in [3.05, 3.63) is 78.0 Å². The summed E-state index contributed by atoms with van der Waals surface area (Å²) in [6, 6.07) is 0. The van der Waals surface area contributed by atoms with E-state index < -0.39 is 20.1 Å². The summed E-state index contributed by atoms with van der Waals surface area (Å²) in [5.41, 5.74) is 13.3. The zero-order valence-corrected chi connectivity index (χ0v) is 29.2. The molecule has 0 atom stereocenters. The molecule has 0 N–H and O–H groups in total. The van der Waals surface area contributed by atoms with Gasteiger partial charge in [0.2, 0.25) is 0 Å². The molecule has 0 aliphatic carbocycles. The molecule has 0 aromatic carbocycles. The second kappa shape index (κ2) is 10.8. The minimum absolute atomic E-state index is 0.640. The van der Waals surface area contributed by atoms with E-state index in [2.05, 4.69) is 55.4 Å². The average molecular weight is 675 g/mol. The number of hydrogen-bond donors (Lipinski definition) is 0. The monoisotopic (exact) mass is 676 g/mol. The van der Waals surface area contributed by atoms with Crippen molar-refractivity contribution in [2.75, 3.05) is 0 Å². The Bertz CT molecular complexity index is 1850. The Kier molecular flexibility index (Phi) is 7.52. The SMILES string of the molecule is CCC1=C(C)C2=NC1=Cc1c(CC)c(CC)c3[n]1[Sn]([F])([F])[n]1c(c(CC)c(CC)c1=CC1=NC(=C3)C(CC)=C1CC)=C2. The van der Waals surface area contributed by atoms with E-state index in [1.165, 1.54) is 16.7 Å². The van der Waals surface area contributed by atoms with Gasteiger partial charge >= 0.3 is 255 Å². The van der Waals surface area contributed by atoms with E-state index in [1.807, 2.05) is 24.3 Å². The third-order valence-corrected chi connectivity index (χ3v) is 15.5. The van der Waals surface area contributed by atoms with Crippen molar-refractivity contribution < 1.29 is 5.73 Å². The molecule has 4 nitrogen and oxygen atoms in total. The van der Waals surface area contributed by atoms with Gasteiger partial charge in [-0.15, -0.1) is 0 Å². The van der Waals surface area contributed by atoms with Crippen LogP contribution in [0.3, 0.4) is 0 Å². The quantitative estimate of drug-likeness (QED) is 0.276. The fraction of sp³-hybridized carbons (Fsp3) is 0.429. The van der Waals surface area contributed by atoms with Gasteiger partial charge in [0.1, 0.15) is 0 Å². The van der Waals surface area contributed by atoms with Crippen molar-refractivity contribution in [1.82, 2.24) is 5.58 Å². The zero-order valence-electron chi connectivity index (χ0n) is 26.3. The van der Waals surface area contributed by atoms with Crippen LogP contribution in [-0.2, 0) is 25.7 Å². The number of nitrogens with zero attached hydrogens (tertiary/aromatic N) is 4. The standard InChI is InChI=1S/C35H42N4.2FH.Sn/c1-9-21-20(8)28-16-30-22(10-2)23(11-3)32(37-30)18-34-26(14-6)27(15-7)35(39-34)19-33-25(13-5)24(12-4)31(38-33)17-29(21)36-28;;;/h16-19H,9-15H2,1-8H3;2*1H;/q-2;;;+4/p-2. The van der Waals surface area contributed by atoms with Gasteiger partial charge in [-0.1, -0.05) is 0 Å². The summed E-state index contributed by atoms with van der Waals surface area (Å²) in [7, 11) is 0. The molecule has 7 heteroatoms. The summed E-state index contributed by atoms with van der Waals surface area (Å²) >= 11 is -6.46. The minimum atomic E-state index is -6.46. The van der Waals surface area contributed by atoms with Crippen LogP contribution in [0.5, 0.6) is 0 Å². The molecule has 0 amide bonds. The van der Waals surface area contributed by atoms with E-state index in [0.717, 1.165) is 75.5 Å². The molecule has 0 saturated carbocycles. The van der Waals surface area contributed by atoms with Gasteiger partial charge in [0.25, 0.3) is 0 Å². The topological polar surface area (TPSA) is 34.6 Å². The zero-order chi connectivity index (χ0) is 30.1. The number of rotatable bonds is 7. The average Bonchev–Trinajstić information content (AvgIpc) is 3.65. The molecular weight excluding hydrogens is 633 g/mol. The molecule has 220 valence electrons. The molecule has 0 fully saturated rings. The Morgan fingerprint density at radius 3 is 1.48 bits per heavy atom. The van der Waals surface area contributed by atoms with Gasteiger partial charge in [0, 0.05) is 0 Å². The Balaban J connectivity index is 1.96. The van der Waals surface area contributed by atoms with Crippen LogP contribution in [0, 0.1) is 0 Å². The summed E-state index contributed by atoms with van der Waals surface area (Å²) < 4.78 is 39.1. The Morgan fingerprint density at radius 2 is 1.00 bits per heavy atom. The van der Waals surface area contributed by atoms with Crippen LogP contribution in [0.4, 0.5) is 5.73 Å². The fourth-order valence-corrected chi connectivity index (χ4v) is 13.9. The Labute approximate surface area is 254 Å². The first kappa shape index (κ1) is 29.3. The molecule has 4 aliphatic heterocycles. The molecule has 2 aromatic rings. The van der Waals surface area contributed by atoms with Crippen LogP contribution in [0.25, 0.3) is 24.3 Å². The van der Waals surface area contributed by atoms with Gasteiger partial charge in [-0.25, -0.2) is 0 Å². The number of hydrogen-bond acceptors (Lipinski definition) is 2. The first-order chi connectivity index (χ1) is 20.2. The molecule has 4 aliphatic rings. The van der Waals surface area contributed by atoms with E-state index in [4.69, 9.17) is 9.98 Å². The van der Waals surface area contributed by atoms with E-state index in [0.29, 0.717) is 47.8 Å². The first-order valence-corrected chi connectivity index (χ1v) is 20.6. The predicted octanol–water partition coefficient (Wildman–Crippen LogP) is 7.33. The number of halogens is 2. The van der Waals surface area contributed by atoms with Gasteiger partial charge in [-0.3, -0.25) is 0 Å². The van der Waals surface area contributed by atoms with E-state index in [1.54, 1.807) is 0 Å². The van der Waals surface area contributed by atoms with Gasteiger partial charge in [0.15, 0.2) is 0 Å². The molecule has 0 unspecified atom stereocenters. The molecule has 2 aromatic heterocycles. The van der Waals surface area contributed by atoms with Crippen molar-refractivity contribution in [3.8, 4) is 0 Å². The van der Waals surface area contributed by atoms with Crippen LogP contribution in [0.2, 0.25) is 0 Å². The summed E-state index contributed by atoms with van der Waals surface area (Å²) in [5.74, 6) is 0. The molecule has 6 heterocycles. The molecule has 6 bridgehead atoms. The van der Waals surface area contributed by atoms with Gasteiger partial charge in [0.05, 0.1) is 0 Å². The van der Waals surface area contributed by atoms with E-state index in [-0.39, 0.29) is 0 Å². The maximum absolute atomic E-state index is 18.0. The van der Waals surface area contributed by atoms with Crippen molar-refractivity contribution in [2.24, 2.45) is 9.98 Å². The second-order valence-corrected chi connectivity index (χ2v) is 17.0. The molecule has 0 radical (unpaired) electrons. The molecule has 0 saturated heterocycles. The number of fused-ring (bicyclic) bond motifs is 2. The summed E-state index contributed by atoms with van der Waals surface area (Å²) in [6.45, 7) is 16.9. The van der Waals surface area contributed by atoms with Crippen molar-refractivity contribution in [2.45, 2.75) is 100 Å². The predicted molar refractivity (Wildman–Crippen MR) is 175 cm³/mol. The van der Waals surface area contributed by atoms with Gasteiger partial charge in [-0.05, 0) is 0 Å². The Hall–Kier alpha value is -2.74. The Morgan fingerprint density at radius 1 is 0.548 bits per heavy atom. The van der Waals surface area contributed by atoms with Gasteiger partial charge < -0.3 is 0 Å². The normalized spacial score (nSPS) is 18.4. The summed E-state index contributed by atoms with van der Waals surface area (Å²) in [6.07, 6.45) is 13.1. The van der Waals surface area contributed by atoms with Crippen LogP contribution in [-0.4, -0.2) is 37.1 Å². The third-order valence-electron chi connectivity index (χ3n) is 9.65. The molecule has 6 rings (SSSR count). The second-order valence-electron chi connectivity index (χ2n) is 11.5. The molecule has 0 spiro atoms. The maximum atomic E-state index is 18.0. The fourth-order valence-electron chi connectivity index (χ4n) is 7.74. The van der Waals surface area contributed by atoms with E-state index in [9.17, 15) is 0 Å². The summed E-state index contributed by atoms with van der Waals surface area (Å²) in [4.78, 5) is 10.3. The molecule has 42 heavy (non-hydrogen) atoms.